The summed E-state index contributed by atoms with van der Waals surface area (Å²) in [7, 11) is 0. The number of benzene rings is 2. The second-order valence-electron chi connectivity index (χ2n) is 6.78. The van der Waals surface area contributed by atoms with Crippen molar-refractivity contribution in [2.75, 3.05) is 16.0 Å². The minimum atomic E-state index is -0.221. The molecule has 3 aromatic rings. The summed E-state index contributed by atoms with van der Waals surface area (Å²) >= 11 is 4.78. The SMILES string of the molecule is CC1CC(=O)Nc2ccccc2N1C(=O)CSc1ncc(-c2ccc(Br)cc2)[nH]1. The number of para-hydroxylation sites is 2. The van der Waals surface area contributed by atoms with Crippen LogP contribution < -0.4 is 10.2 Å². The minimum absolute atomic E-state index is 0.0620. The normalized spacial score (nSPS) is 16.1. The Kier molecular flexibility index (Phi) is 5.73. The van der Waals surface area contributed by atoms with Crippen LogP contribution in [0.15, 0.2) is 64.4 Å². The molecule has 148 valence electrons. The Hall–Kier alpha value is -2.58. The van der Waals surface area contributed by atoms with Gasteiger partial charge < -0.3 is 15.2 Å². The molecule has 29 heavy (non-hydrogen) atoms. The molecule has 1 aliphatic rings. The van der Waals surface area contributed by atoms with Gasteiger partial charge >= 0.3 is 0 Å². The lowest BCUT2D eigenvalue weighted by atomic mass is 10.2. The molecule has 0 saturated heterocycles. The van der Waals surface area contributed by atoms with E-state index in [4.69, 9.17) is 0 Å². The lowest BCUT2D eigenvalue weighted by Crippen LogP contribution is -2.40. The Labute approximate surface area is 181 Å². The molecule has 2 N–H and O–H groups in total. The second kappa shape index (κ2) is 8.42. The average molecular weight is 471 g/mol. The van der Waals surface area contributed by atoms with Crippen molar-refractivity contribution in [1.29, 1.82) is 0 Å². The smallest absolute Gasteiger partial charge is 0.237 e. The van der Waals surface area contributed by atoms with Crippen molar-refractivity contribution < 1.29 is 9.59 Å². The van der Waals surface area contributed by atoms with Gasteiger partial charge in [0, 0.05) is 16.9 Å². The van der Waals surface area contributed by atoms with Crippen molar-refractivity contribution in [3.05, 3.63) is 59.2 Å². The zero-order valence-corrected chi connectivity index (χ0v) is 18.1. The van der Waals surface area contributed by atoms with Crippen molar-refractivity contribution in [2.24, 2.45) is 0 Å². The van der Waals surface area contributed by atoms with Crippen LogP contribution in [0.3, 0.4) is 0 Å². The summed E-state index contributed by atoms with van der Waals surface area (Å²) in [6.07, 6.45) is 2.03. The lowest BCUT2D eigenvalue weighted by Gasteiger charge is -2.27. The molecule has 0 aliphatic carbocycles. The number of halogens is 1. The zero-order valence-electron chi connectivity index (χ0n) is 15.7. The molecule has 1 aromatic heterocycles. The van der Waals surface area contributed by atoms with E-state index in [9.17, 15) is 9.59 Å². The first-order valence-electron chi connectivity index (χ1n) is 9.16. The number of fused-ring (bicyclic) bond motifs is 1. The number of thioether (sulfide) groups is 1. The molecule has 4 rings (SSSR count). The number of anilines is 2. The molecule has 1 unspecified atom stereocenters. The number of carbonyl (C=O) groups excluding carboxylic acids is 2. The maximum atomic E-state index is 13.0. The number of amides is 2. The first kappa shape index (κ1) is 19.7. The summed E-state index contributed by atoms with van der Waals surface area (Å²) in [6.45, 7) is 1.89. The zero-order chi connectivity index (χ0) is 20.4. The van der Waals surface area contributed by atoms with Crippen LogP contribution >= 0.6 is 27.7 Å². The Morgan fingerprint density at radius 1 is 1.24 bits per heavy atom. The molecule has 2 aromatic carbocycles. The van der Waals surface area contributed by atoms with E-state index in [2.05, 4.69) is 31.2 Å². The predicted octanol–water partition coefficient (Wildman–Crippen LogP) is 4.70. The van der Waals surface area contributed by atoms with Gasteiger partial charge in [0.1, 0.15) is 0 Å². The van der Waals surface area contributed by atoms with E-state index in [0.717, 1.165) is 21.4 Å². The maximum Gasteiger partial charge on any atom is 0.237 e. The Bertz CT molecular complexity index is 1050. The molecule has 0 fully saturated rings. The molecule has 2 heterocycles. The number of carbonyl (C=O) groups is 2. The number of hydrogen-bond acceptors (Lipinski definition) is 4. The summed E-state index contributed by atoms with van der Waals surface area (Å²) in [4.78, 5) is 34.5. The third-order valence-electron chi connectivity index (χ3n) is 4.67. The van der Waals surface area contributed by atoms with Crippen molar-refractivity contribution in [2.45, 2.75) is 24.5 Å². The highest BCUT2D eigenvalue weighted by molar-refractivity contribution is 9.10. The van der Waals surface area contributed by atoms with Gasteiger partial charge in [-0.05, 0) is 36.8 Å². The highest BCUT2D eigenvalue weighted by Gasteiger charge is 2.29. The molecule has 1 atom stereocenters. The molecular formula is C21H19BrN4O2S. The Morgan fingerprint density at radius 3 is 2.79 bits per heavy atom. The number of H-pyrrole nitrogens is 1. The Balaban J connectivity index is 1.48. The fraction of sp³-hybridized carbons (Fsp3) is 0.190. The molecule has 0 spiro atoms. The van der Waals surface area contributed by atoms with Gasteiger partial charge in [-0.3, -0.25) is 9.59 Å². The molecular weight excluding hydrogens is 452 g/mol. The number of hydrogen-bond donors (Lipinski definition) is 2. The Morgan fingerprint density at radius 2 is 2.00 bits per heavy atom. The van der Waals surface area contributed by atoms with Crippen LogP contribution in [-0.2, 0) is 9.59 Å². The van der Waals surface area contributed by atoms with Crippen LogP contribution in [-0.4, -0.2) is 33.6 Å². The summed E-state index contributed by atoms with van der Waals surface area (Å²) in [6, 6.07) is 15.1. The van der Waals surface area contributed by atoms with Gasteiger partial charge in [0.05, 0.1) is 29.0 Å². The number of aromatic amines is 1. The summed E-state index contributed by atoms with van der Waals surface area (Å²) in [5.41, 5.74) is 3.32. The number of nitrogens with zero attached hydrogens (tertiary/aromatic N) is 2. The first-order chi connectivity index (χ1) is 14.0. The van der Waals surface area contributed by atoms with Gasteiger partial charge in [-0.25, -0.2) is 4.98 Å². The minimum Gasteiger partial charge on any atom is -0.333 e. The predicted molar refractivity (Wildman–Crippen MR) is 119 cm³/mol. The van der Waals surface area contributed by atoms with Crippen LogP contribution in [0.2, 0.25) is 0 Å². The van der Waals surface area contributed by atoms with Crippen molar-refractivity contribution in [3.63, 3.8) is 0 Å². The molecule has 6 nitrogen and oxygen atoms in total. The third kappa shape index (κ3) is 4.38. The van der Waals surface area contributed by atoms with Crippen LogP contribution in [0, 0.1) is 0 Å². The van der Waals surface area contributed by atoms with Gasteiger partial charge in [-0.2, -0.15) is 0 Å². The fourth-order valence-electron chi connectivity index (χ4n) is 3.32. The van der Waals surface area contributed by atoms with Crippen LogP contribution in [0.4, 0.5) is 11.4 Å². The van der Waals surface area contributed by atoms with Gasteiger partial charge in [0.25, 0.3) is 0 Å². The standard InChI is InChI=1S/C21H19BrN4O2S/c1-13-10-19(27)24-16-4-2-3-5-18(16)26(13)20(28)12-29-21-23-11-17(25-21)14-6-8-15(22)9-7-14/h2-9,11,13H,10,12H2,1H3,(H,23,25)(H,24,27). The molecule has 1 aliphatic heterocycles. The van der Waals surface area contributed by atoms with E-state index >= 15 is 0 Å². The third-order valence-corrected chi connectivity index (χ3v) is 6.07. The molecule has 0 bridgehead atoms. The van der Waals surface area contributed by atoms with Crippen LogP contribution in [0.25, 0.3) is 11.3 Å². The number of aromatic nitrogens is 2. The van der Waals surface area contributed by atoms with Gasteiger partial charge in [0.2, 0.25) is 11.8 Å². The highest BCUT2D eigenvalue weighted by atomic mass is 79.9. The topological polar surface area (TPSA) is 78.1 Å². The van der Waals surface area contributed by atoms with E-state index in [1.165, 1.54) is 11.8 Å². The molecule has 8 heteroatoms. The lowest BCUT2D eigenvalue weighted by molar-refractivity contribution is -0.117. The molecule has 0 saturated carbocycles. The summed E-state index contributed by atoms with van der Waals surface area (Å²) in [5, 5.41) is 3.56. The summed E-state index contributed by atoms with van der Waals surface area (Å²) < 4.78 is 1.01. The average Bonchev–Trinajstić information content (AvgIpc) is 3.12. The van der Waals surface area contributed by atoms with Crippen LogP contribution in [0.1, 0.15) is 13.3 Å². The van der Waals surface area contributed by atoms with Gasteiger partial charge in [0.15, 0.2) is 5.16 Å². The maximum absolute atomic E-state index is 13.0. The largest absolute Gasteiger partial charge is 0.333 e. The van der Waals surface area contributed by atoms with E-state index in [-0.39, 0.29) is 30.0 Å². The number of rotatable bonds is 4. The molecule has 2 amide bonds. The van der Waals surface area contributed by atoms with Crippen molar-refractivity contribution >= 4 is 50.9 Å². The second-order valence-corrected chi connectivity index (χ2v) is 8.66. The van der Waals surface area contributed by atoms with E-state index in [0.29, 0.717) is 10.8 Å². The summed E-state index contributed by atoms with van der Waals surface area (Å²) in [5.74, 6) is 0.0753. The monoisotopic (exact) mass is 470 g/mol. The van der Waals surface area contributed by atoms with E-state index < -0.39 is 0 Å². The van der Waals surface area contributed by atoms with Crippen molar-refractivity contribution in [1.82, 2.24) is 9.97 Å². The number of imidazole rings is 1. The first-order valence-corrected chi connectivity index (χ1v) is 10.9. The molecule has 0 radical (unpaired) electrons. The van der Waals surface area contributed by atoms with Gasteiger partial charge in [-0.15, -0.1) is 0 Å². The van der Waals surface area contributed by atoms with Crippen LogP contribution in [0.5, 0.6) is 0 Å². The van der Waals surface area contributed by atoms with E-state index in [1.807, 2.05) is 55.5 Å². The van der Waals surface area contributed by atoms with Crippen molar-refractivity contribution in [3.8, 4) is 11.3 Å². The van der Waals surface area contributed by atoms with E-state index in [1.54, 1.807) is 11.1 Å². The quantitative estimate of drug-likeness (QED) is 0.541. The fourth-order valence-corrected chi connectivity index (χ4v) is 4.29. The van der Waals surface area contributed by atoms with Gasteiger partial charge in [-0.1, -0.05) is 52.0 Å². The highest BCUT2D eigenvalue weighted by Crippen LogP contribution is 2.32. The number of nitrogens with one attached hydrogen (secondary N) is 2.